The van der Waals surface area contributed by atoms with Crippen LogP contribution in [0.15, 0.2) is 4.99 Å². The third-order valence-corrected chi connectivity index (χ3v) is 3.45. The van der Waals surface area contributed by atoms with Gasteiger partial charge in [0.25, 0.3) is 0 Å². The number of unbranched alkanes of at least 4 members (excludes halogenated alkanes) is 1. The summed E-state index contributed by atoms with van der Waals surface area (Å²) in [5.41, 5.74) is 5.77. The van der Waals surface area contributed by atoms with Crippen LogP contribution in [-0.4, -0.2) is 19.0 Å². The van der Waals surface area contributed by atoms with Gasteiger partial charge in [0, 0.05) is 13.1 Å². The van der Waals surface area contributed by atoms with Gasteiger partial charge in [0.1, 0.15) is 0 Å². The van der Waals surface area contributed by atoms with Crippen LogP contribution >= 0.6 is 24.0 Å². The van der Waals surface area contributed by atoms with Crippen molar-refractivity contribution in [1.29, 1.82) is 0 Å². The lowest BCUT2D eigenvalue weighted by atomic mass is 10.0. The maximum atomic E-state index is 5.77. The molecule has 1 fully saturated rings. The summed E-state index contributed by atoms with van der Waals surface area (Å²) >= 11 is 0. The second-order valence-electron chi connectivity index (χ2n) is 5.69. The van der Waals surface area contributed by atoms with Gasteiger partial charge in [-0.05, 0) is 18.3 Å². The van der Waals surface area contributed by atoms with Crippen LogP contribution < -0.4 is 11.1 Å². The normalized spacial score (nSPS) is 16.9. The zero-order chi connectivity index (χ0) is 12.5. The van der Waals surface area contributed by atoms with E-state index >= 15 is 0 Å². The topological polar surface area (TPSA) is 50.4 Å². The van der Waals surface area contributed by atoms with Gasteiger partial charge in [-0.3, -0.25) is 4.99 Å². The molecule has 4 heteroatoms. The lowest BCUT2D eigenvalue weighted by molar-refractivity contribution is 0.472. The summed E-state index contributed by atoms with van der Waals surface area (Å²) in [6, 6.07) is 0. The van der Waals surface area contributed by atoms with Crippen molar-refractivity contribution in [3.05, 3.63) is 0 Å². The van der Waals surface area contributed by atoms with Crippen molar-refractivity contribution in [2.75, 3.05) is 13.1 Å². The highest BCUT2D eigenvalue weighted by molar-refractivity contribution is 14.0. The van der Waals surface area contributed by atoms with E-state index in [1.165, 1.54) is 44.9 Å². The second kappa shape index (κ2) is 10.9. The molecule has 1 aliphatic carbocycles. The van der Waals surface area contributed by atoms with Gasteiger partial charge in [0.15, 0.2) is 5.96 Å². The smallest absolute Gasteiger partial charge is 0.188 e. The van der Waals surface area contributed by atoms with Crippen molar-refractivity contribution in [1.82, 2.24) is 5.32 Å². The Kier molecular flexibility index (Phi) is 10.9. The second-order valence-corrected chi connectivity index (χ2v) is 5.69. The van der Waals surface area contributed by atoms with E-state index in [1.807, 2.05) is 0 Å². The summed E-state index contributed by atoms with van der Waals surface area (Å²) in [6.07, 6.45) is 9.79. The molecule has 0 aromatic heterocycles. The van der Waals surface area contributed by atoms with Crippen LogP contribution in [0.2, 0.25) is 0 Å². The van der Waals surface area contributed by atoms with Crippen molar-refractivity contribution in [3.63, 3.8) is 0 Å². The highest BCUT2D eigenvalue weighted by Gasteiger charge is 2.13. The molecule has 0 heterocycles. The minimum atomic E-state index is 0. The largest absolute Gasteiger partial charge is 0.370 e. The summed E-state index contributed by atoms with van der Waals surface area (Å²) in [5.74, 6) is 2.21. The molecular formula is C14H30IN3. The summed E-state index contributed by atoms with van der Waals surface area (Å²) in [6.45, 7) is 6.10. The molecule has 1 aliphatic rings. The standard InChI is InChI=1S/C14H29N3.HI/c1-12(2)11-17-14(15)16-10-6-5-9-13-7-3-4-8-13;/h12-13H,3-11H2,1-2H3,(H3,15,16,17);1H. The number of nitrogens with two attached hydrogens (primary N) is 1. The lowest BCUT2D eigenvalue weighted by Gasteiger charge is -2.09. The van der Waals surface area contributed by atoms with Crippen LogP contribution in [0.4, 0.5) is 0 Å². The number of nitrogens with zero attached hydrogens (tertiary/aromatic N) is 1. The minimum Gasteiger partial charge on any atom is -0.370 e. The predicted octanol–water partition coefficient (Wildman–Crippen LogP) is 3.53. The maximum Gasteiger partial charge on any atom is 0.188 e. The fourth-order valence-corrected chi connectivity index (χ4v) is 2.41. The van der Waals surface area contributed by atoms with Crippen LogP contribution in [0.5, 0.6) is 0 Å². The SMILES string of the molecule is CC(C)CN=C(N)NCCCCC1CCCC1.I. The fourth-order valence-electron chi connectivity index (χ4n) is 2.41. The summed E-state index contributed by atoms with van der Waals surface area (Å²) in [7, 11) is 0. The van der Waals surface area contributed by atoms with E-state index in [2.05, 4.69) is 24.2 Å². The van der Waals surface area contributed by atoms with Gasteiger partial charge in [-0.2, -0.15) is 0 Å². The van der Waals surface area contributed by atoms with Crippen LogP contribution in [0.25, 0.3) is 0 Å². The zero-order valence-electron chi connectivity index (χ0n) is 12.0. The minimum absolute atomic E-state index is 0. The van der Waals surface area contributed by atoms with Crippen LogP contribution in [0.1, 0.15) is 58.8 Å². The van der Waals surface area contributed by atoms with Gasteiger partial charge in [0.05, 0.1) is 0 Å². The van der Waals surface area contributed by atoms with Crippen LogP contribution in [-0.2, 0) is 0 Å². The third kappa shape index (κ3) is 9.00. The Balaban J connectivity index is 0.00000289. The van der Waals surface area contributed by atoms with Gasteiger partial charge in [-0.15, -0.1) is 24.0 Å². The zero-order valence-corrected chi connectivity index (χ0v) is 14.3. The van der Waals surface area contributed by atoms with Crippen molar-refractivity contribution < 1.29 is 0 Å². The molecule has 0 spiro atoms. The molecule has 0 aromatic carbocycles. The van der Waals surface area contributed by atoms with E-state index in [-0.39, 0.29) is 24.0 Å². The van der Waals surface area contributed by atoms with Crippen molar-refractivity contribution in [2.45, 2.75) is 58.8 Å². The molecule has 0 unspecified atom stereocenters. The molecule has 1 rings (SSSR count). The molecule has 0 saturated heterocycles. The van der Waals surface area contributed by atoms with E-state index in [4.69, 9.17) is 5.73 Å². The van der Waals surface area contributed by atoms with Gasteiger partial charge < -0.3 is 11.1 Å². The van der Waals surface area contributed by atoms with E-state index in [9.17, 15) is 0 Å². The van der Waals surface area contributed by atoms with Crippen molar-refractivity contribution in [2.24, 2.45) is 22.6 Å². The van der Waals surface area contributed by atoms with Gasteiger partial charge in [-0.1, -0.05) is 52.4 Å². The summed E-state index contributed by atoms with van der Waals surface area (Å²) < 4.78 is 0. The maximum absolute atomic E-state index is 5.77. The average Bonchev–Trinajstić information content (AvgIpc) is 2.79. The van der Waals surface area contributed by atoms with E-state index in [0.717, 1.165) is 19.0 Å². The molecule has 1 saturated carbocycles. The number of aliphatic imine (C=N–C) groups is 1. The molecule has 18 heavy (non-hydrogen) atoms. The van der Waals surface area contributed by atoms with Gasteiger partial charge >= 0.3 is 0 Å². The number of halogens is 1. The van der Waals surface area contributed by atoms with Crippen molar-refractivity contribution in [3.8, 4) is 0 Å². The first kappa shape index (κ1) is 18.0. The van der Waals surface area contributed by atoms with E-state index < -0.39 is 0 Å². The van der Waals surface area contributed by atoms with E-state index in [1.54, 1.807) is 0 Å². The lowest BCUT2D eigenvalue weighted by Crippen LogP contribution is -2.32. The first-order chi connectivity index (χ1) is 8.18. The average molecular weight is 367 g/mol. The number of hydrogen-bond donors (Lipinski definition) is 2. The quantitative estimate of drug-likeness (QED) is 0.313. The Morgan fingerprint density at radius 1 is 1.28 bits per heavy atom. The molecule has 0 aliphatic heterocycles. The Bertz CT molecular complexity index is 223. The van der Waals surface area contributed by atoms with Crippen LogP contribution in [0, 0.1) is 11.8 Å². The molecule has 0 amide bonds. The number of nitrogens with one attached hydrogen (secondary N) is 1. The molecule has 0 atom stereocenters. The highest BCUT2D eigenvalue weighted by Crippen LogP contribution is 2.28. The number of hydrogen-bond acceptors (Lipinski definition) is 1. The molecule has 0 bridgehead atoms. The predicted molar refractivity (Wildman–Crippen MR) is 90.6 cm³/mol. The van der Waals surface area contributed by atoms with Gasteiger partial charge in [-0.25, -0.2) is 0 Å². The number of rotatable bonds is 7. The van der Waals surface area contributed by atoms with Gasteiger partial charge in [0.2, 0.25) is 0 Å². The first-order valence-corrected chi connectivity index (χ1v) is 7.22. The molecule has 0 radical (unpaired) electrons. The Morgan fingerprint density at radius 3 is 2.56 bits per heavy atom. The highest BCUT2D eigenvalue weighted by atomic mass is 127. The monoisotopic (exact) mass is 367 g/mol. The molecule has 108 valence electrons. The summed E-state index contributed by atoms with van der Waals surface area (Å²) in [5, 5.41) is 3.19. The Morgan fingerprint density at radius 2 is 1.94 bits per heavy atom. The number of guanidine groups is 1. The Hall–Kier alpha value is 0. The van der Waals surface area contributed by atoms with E-state index in [0.29, 0.717) is 11.9 Å². The van der Waals surface area contributed by atoms with Crippen LogP contribution in [0.3, 0.4) is 0 Å². The molecule has 0 aromatic rings. The Labute approximate surface area is 129 Å². The van der Waals surface area contributed by atoms with Crippen molar-refractivity contribution >= 4 is 29.9 Å². The first-order valence-electron chi connectivity index (χ1n) is 7.22. The molecular weight excluding hydrogens is 337 g/mol. The summed E-state index contributed by atoms with van der Waals surface area (Å²) in [4.78, 5) is 4.28. The molecule has 3 nitrogen and oxygen atoms in total. The molecule has 3 N–H and O–H groups in total. The fraction of sp³-hybridized carbons (Fsp3) is 0.929. The third-order valence-electron chi connectivity index (χ3n) is 3.45.